The van der Waals surface area contributed by atoms with E-state index in [1.165, 1.54) is 0 Å². The minimum atomic E-state index is -2.21. The average molecular weight is 236 g/mol. The summed E-state index contributed by atoms with van der Waals surface area (Å²) in [7, 11) is -2.21. The highest BCUT2D eigenvalue weighted by Crippen LogP contribution is 2.56. The predicted octanol–water partition coefficient (Wildman–Crippen LogP) is 4.84. The molecule has 88 valence electrons. The molecule has 0 aliphatic carbocycles. The summed E-state index contributed by atoms with van der Waals surface area (Å²) < 4.78 is 12.7. The van der Waals surface area contributed by atoms with E-state index in [-0.39, 0.29) is 11.3 Å². The van der Waals surface area contributed by atoms with Crippen molar-refractivity contribution in [1.82, 2.24) is 0 Å². The van der Waals surface area contributed by atoms with Crippen molar-refractivity contribution < 1.29 is 4.57 Å². The van der Waals surface area contributed by atoms with Crippen molar-refractivity contribution in [3.63, 3.8) is 0 Å². The lowest BCUT2D eigenvalue weighted by atomic mass is 10.2. The van der Waals surface area contributed by atoms with E-state index < -0.39 is 7.14 Å². The van der Waals surface area contributed by atoms with Crippen molar-refractivity contribution in [3.8, 4) is 0 Å². The lowest BCUT2D eigenvalue weighted by molar-refractivity contribution is 0.568. The summed E-state index contributed by atoms with van der Waals surface area (Å²) >= 11 is 0. The lowest BCUT2D eigenvalue weighted by Crippen LogP contribution is -2.05. The maximum absolute atomic E-state index is 12.7. The monoisotopic (exact) mass is 236 g/mol. The predicted molar refractivity (Wildman–Crippen MR) is 73.4 cm³/mol. The highest BCUT2D eigenvalue weighted by Gasteiger charge is 2.26. The highest BCUT2D eigenvalue weighted by atomic mass is 31.2. The Labute approximate surface area is 99.0 Å². The first-order valence-electron chi connectivity index (χ1n) is 5.80. The second kappa shape index (κ2) is 5.50. The van der Waals surface area contributed by atoms with Crippen LogP contribution < -0.4 is 0 Å². The van der Waals surface area contributed by atoms with Crippen molar-refractivity contribution >= 4 is 13.2 Å². The Morgan fingerprint density at radius 3 is 1.94 bits per heavy atom. The van der Waals surface area contributed by atoms with E-state index in [1.54, 1.807) is 0 Å². The first-order valence-corrected chi connectivity index (χ1v) is 7.71. The Kier molecular flexibility index (Phi) is 4.56. The molecule has 0 N–H and O–H groups in total. The van der Waals surface area contributed by atoms with Crippen LogP contribution in [0.25, 0.3) is 6.08 Å². The summed E-state index contributed by atoms with van der Waals surface area (Å²) in [5.74, 6) is 1.93. The van der Waals surface area contributed by atoms with Crippen molar-refractivity contribution in [2.75, 3.05) is 0 Å². The Hall–Kier alpha value is -0.810. The molecule has 0 fully saturated rings. The van der Waals surface area contributed by atoms with Gasteiger partial charge in [0.05, 0.1) is 0 Å². The summed E-state index contributed by atoms with van der Waals surface area (Å²) in [6, 6.07) is 10.0. The Morgan fingerprint density at radius 1 is 1.00 bits per heavy atom. The third-order valence-corrected chi connectivity index (χ3v) is 6.76. The molecule has 0 aliphatic rings. The topological polar surface area (TPSA) is 17.1 Å². The number of rotatable bonds is 4. The third kappa shape index (κ3) is 3.09. The van der Waals surface area contributed by atoms with Crippen molar-refractivity contribution in [1.29, 1.82) is 0 Å². The number of benzene rings is 1. The van der Waals surface area contributed by atoms with Gasteiger partial charge in [-0.1, -0.05) is 64.1 Å². The minimum Gasteiger partial charge on any atom is -0.319 e. The van der Waals surface area contributed by atoms with Crippen LogP contribution in [0.15, 0.2) is 36.1 Å². The quantitative estimate of drug-likeness (QED) is 0.684. The van der Waals surface area contributed by atoms with Crippen molar-refractivity contribution in [3.05, 3.63) is 41.7 Å². The molecule has 0 saturated carbocycles. The molecule has 0 bridgehead atoms. The Bertz CT molecular complexity index is 378. The maximum Gasteiger partial charge on any atom is 0.113 e. The molecule has 1 aromatic carbocycles. The van der Waals surface area contributed by atoms with Crippen molar-refractivity contribution in [2.24, 2.45) is 0 Å². The van der Waals surface area contributed by atoms with Crippen LogP contribution in [0.2, 0.25) is 0 Å². The zero-order chi connectivity index (χ0) is 12.2. The molecule has 16 heavy (non-hydrogen) atoms. The van der Waals surface area contributed by atoms with Gasteiger partial charge in [-0.2, -0.15) is 0 Å². The minimum absolute atomic E-state index is 0.215. The Morgan fingerprint density at radius 2 is 1.50 bits per heavy atom. The fourth-order valence-corrected chi connectivity index (χ4v) is 3.99. The van der Waals surface area contributed by atoms with Crippen LogP contribution in [0.4, 0.5) is 0 Å². The smallest absolute Gasteiger partial charge is 0.113 e. The fraction of sp³-hybridized carbons (Fsp3) is 0.429. The number of hydrogen-bond acceptors (Lipinski definition) is 1. The van der Waals surface area contributed by atoms with Gasteiger partial charge in [0.1, 0.15) is 7.14 Å². The fourth-order valence-electron chi connectivity index (χ4n) is 1.71. The molecule has 1 nitrogen and oxygen atoms in total. The van der Waals surface area contributed by atoms with E-state index in [2.05, 4.69) is 0 Å². The van der Waals surface area contributed by atoms with Crippen LogP contribution in [-0.4, -0.2) is 11.3 Å². The van der Waals surface area contributed by atoms with Gasteiger partial charge in [-0.25, -0.2) is 0 Å². The summed E-state index contributed by atoms with van der Waals surface area (Å²) in [6.07, 6.45) is 1.99. The van der Waals surface area contributed by atoms with E-state index in [0.29, 0.717) is 0 Å². The first-order chi connectivity index (χ1) is 7.47. The van der Waals surface area contributed by atoms with Gasteiger partial charge >= 0.3 is 0 Å². The number of hydrogen-bond donors (Lipinski definition) is 0. The molecule has 1 rings (SSSR count). The molecular formula is C14H21OP. The van der Waals surface area contributed by atoms with Gasteiger partial charge in [-0.3, -0.25) is 0 Å². The molecule has 0 atom stereocenters. The van der Waals surface area contributed by atoms with Gasteiger partial charge in [0.25, 0.3) is 0 Å². The standard InChI is InChI=1S/C14H21OP/c1-12(2)16(15,13(3)4)11-10-14-8-6-5-7-9-14/h5-13H,1-4H3. The second-order valence-electron chi connectivity index (χ2n) is 4.68. The molecule has 0 aromatic heterocycles. The molecule has 0 heterocycles. The van der Waals surface area contributed by atoms with Crippen LogP contribution in [-0.2, 0) is 4.57 Å². The van der Waals surface area contributed by atoms with Gasteiger partial charge in [0.15, 0.2) is 0 Å². The van der Waals surface area contributed by atoms with Gasteiger partial charge in [0, 0.05) is 11.3 Å². The summed E-state index contributed by atoms with van der Waals surface area (Å²) in [4.78, 5) is 0. The van der Waals surface area contributed by atoms with Crippen molar-refractivity contribution in [2.45, 2.75) is 39.0 Å². The molecular weight excluding hydrogens is 215 g/mol. The SMILES string of the molecule is CC(C)P(=O)(C=Cc1ccccc1)C(C)C. The van der Waals surface area contributed by atoms with E-state index in [9.17, 15) is 4.57 Å². The van der Waals surface area contributed by atoms with Crippen LogP contribution in [0.5, 0.6) is 0 Å². The van der Waals surface area contributed by atoms with E-state index in [4.69, 9.17) is 0 Å². The normalized spacial score (nSPS) is 12.9. The lowest BCUT2D eigenvalue weighted by Gasteiger charge is -2.22. The van der Waals surface area contributed by atoms with Gasteiger partial charge in [-0.15, -0.1) is 0 Å². The molecule has 0 radical (unpaired) electrons. The van der Waals surface area contributed by atoms with Gasteiger partial charge < -0.3 is 4.57 Å². The molecule has 2 heteroatoms. The van der Waals surface area contributed by atoms with Gasteiger partial charge in [-0.05, 0) is 11.4 Å². The Balaban J connectivity index is 2.94. The molecule has 0 amide bonds. The molecule has 0 spiro atoms. The van der Waals surface area contributed by atoms with E-state index >= 15 is 0 Å². The summed E-state index contributed by atoms with van der Waals surface area (Å²) in [5, 5.41) is 0. The summed E-state index contributed by atoms with van der Waals surface area (Å²) in [6.45, 7) is 8.15. The zero-order valence-electron chi connectivity index (χ0n) is 10.6. The van der Waals surface area contributed by atoms with Crippen LogP contribution in [0.3, 0.4) is 0 Å². The molecule has 1 aromatic rings. The summed E-state index contributed by atoms with van der Waals surface area (Å²) in [5.41, 5.74) is 1.55. The first kappa shape index (κ1) is 13.3. The van der Waals surface area contributed by atoms with Crippen LogP contribution in [0, 0.1) is 0 Å². The second-order valence-corrected chi connectivity index (χ2v) is 8.57. The third-order valence-electron chi connectivity index (χ3n) is 2.91. The van der Waals surface area contributed by atoms with Gasteiger partial charge in [0.2, 0.25) is 0 Å². The van der Waals surface area contributed by atoms with E-state index in [1.807, 2.05) is 69.9 Å². The molecule has 0 saturated heterocycles. The van der Waals surface area contributed by atoms with Crippen LogP contribution in [0.1, 0.15) is 33.3 Å². The van der Waals surface area contributed by atoms with E-state index in [0.717, 1.165) is 5.56 Å². The molecule has 0 aliphatic heterocycles. The largest absolute Gasteiger partial charge is 0.319 e. The molecule has 0 unspecified atom stereocenters. The maximum atomic E-state index is 12.7. The average Bonchev–Trinajstić information content (AvgIpc) is 2.26. The zero-order valence-corrected chi connectivity index (χ0v) is 11.4. The highest BCUT2D eigenvalue weighted by molar-refractivity contribution is 7.68. The van der Waals surface area contributed by atoms with Crippen LogP contribution >= 0.6 is 7.14 Å².